The van der Waals surface area contributed by atoms with E-state index in [2.05, 4.69) is 12.2 Å². The third kappa shape index (κ3) is 3.60. The topological polar surface area (TPSA) is 55.2 Å². The van der Waals surface area contributed by atoms with Gasteiger partial charge in [0.15, 0.2) is 0 Å². The molecule has 1 aromatic rings. The zero-order valence-corrected chi connectivity index (χ0v) is 11.8. The van der Waals surface area contributed by atoms with Crippen LogP contribution >= 0.6 is 11.6 Å². The lowest BCUT2D eigenvalue weighted by molar-refractivity contribution is -0.384. The average Bonchev–Trinajstić information content (AvgIpc) is 2.41. The molecule has 0 aliphatic heterocycles. The number of hydrogen-bond donors (Lipinski definition) is 1. The molecule has 1 aliphatic rings. The first-order chi connectivity index (χ1) is 9.10. The summed E-state index contributed by atoms with van der Waals surface area (Å²) in [7, 11) is 0. The molecule has 5 heteroatoms. The molecule has 1 N–H and O–H groups in total. The first-order valence-corrected chi connectivity index (χ1v) is 7.18. The molecule has 1 aliphatic carbocycles. The molecule has 1 saturated carbocycles. The minimum Gasteiger partial charge on any atom is -0.377 e. The van der Waals surface area contributed by atoms with Crippen LogP contribution in [0.25, 0.3) is 0 Å². The maximum absolute atomic E-state index is 11.0. The van der Waals surface area contributed by atoms with Gasteiger partial charge in [0.25, 0.3) is 5.69 Å². The Kier molecular flexibility index (Phi) is 4.64. The van der Waals surface area contributed by atoms with Crippen LogP contribution in [-0.4, -0.2) is 11.0 Å². The molecule has 0 spiro atoms. The molecular weight excluding hydrogens is 264 g/mol. The van der Waals surface area contributed by atoms with Crippen molar-refractivity contribution in [3.05, 3.63) is 33.3 Å². The van der Waals surface area contributed by atoms with Gasteiger partial charge in [0.1, 0.15) is 5.69 Å². The fraction of sp³-hybridized carbons (Fsp3) is 0.571. The highest BCUT2D eigenvalue weighted by atomic mass is 35.5. The van der Waals surface area contributed by atoms with Crippen LogP contribution in [0.2, 0.25) is 5.02 Å². The number of benzene rings is 1. The van der Waals surface area contributed by atoms with Gasteiger partial charge in [0.2, 0.25) is 0 Å². The van der Waals surface area contributed by atoms with Crippen LogP contribution in [0.5, 0.6) is 0 Å². The van der Waals surface area contributed by atoms with E-state index in [1.54, 1.807) is 12.1 Å². The third-order valence-electron chi connectivity index (χ3n) is 3.94. The molecule has 0 unspecified atom stereocenters. The molecule has 19 heavy (non-hydrogen) atoms. The lowest BCUT2D eigenvalue weighted by Gasteiger charge is -2.29. The van der Waals surface area contributed by atoms with E-state index in [4.69, 9.17) is 11.6 Å². The summed E-state index contributed by atoms with van der Waals surface area (Å²) in [6.07, 6.45) is 5.80. The Morgan fingerprint density at radius 2 is 2.05 bits per heavy atom. The van der Waals surface area contributed by atoms with Crippen molar-refractivity contribution in [2.24, 2.45) is 5.92 Å². The summed E-state index contributed by atoms with van der Waals surface area (Å²) in [5.41, 5.74) is 0.638. The molecule has 0 heterocycles. The molecule has 0 aromatic heterocycles. The minimum atomic E-state index is -0.383. The summed E-state index contributed by atoms with van der Waals surface area (Å²) in [5, 5.41) is 14.7. The molecule has 104 valence electrons. The van der Waals surface area contributed by atoms with Crippen molar-refractivity contribution >= 4 is 23.0 Å². The molecule has 2 rings (SSSR count). The van der Waals surface area contributed by atoms with Crippen LogP contribution in [0.3, 0.4) is 0 Å². The van der Waals surface area contributed by atoms with E-state index >= 15 is 0 Å². The number of nitro benzene ring substituents is 1. The van der Waals surface area contributed by atoms with E-state index in [-0.39, 0.29) is 10.6 Å². The summed E-state index contributed by atoms with van der Waals surface area (Å²) >= 11 is 5.81. The highest BCUT2D eigenvalue weighted by Gasteiger charge is 2.22. The average molecular weight is 283 g/mol. The van der Waals surface area contributed by atoms with Gasteiger partial charge in [-0.3, -0.25) is 10.1 Å². The Morgan fingerprint density at radius 1 is 1.37 bits per heavy atom. The summed E-state index contributed by atoms with van der Waals surface area (Å²) in [6.45, 7) is 2.22. The largest absolute Gasteiger partial charge is 0.377 e. The smallest absolute Gasteiger partial charge is 0.293 e. The van der Waals surface area contributed by atoms with E-state index in [1.165, 1.54) is 25.3 Å². The standard InChI is InChI=1S/C14H19ClN2O2/c1-2-10-3-6-12(7-4-10)16-13-8-5-11(15)9-14(13)17(18)19/h5,8-10,12,16H,2-4,6-7H2,1H3. The molecule has 1 aromatic carbocycles. The SMILES string of the molecule is CCC1CCC(Nc2ccc(Cl)cc2[N+](=O)[O-])CC1. The zero-order valence-electron chi connectivity index (χ0n) is 11.1. The van der Waals surface area contributed by atoms with Crippen molar-refractivity contribution in [1.29, 1.82) is 0 Å². The van der Waals surface area contributed by atoms with Gasteiger partial charge in [-0.2, -0.15) is 0 Å². The van der Waals surface area contributed by atoms with E-state index in [9.17, 15) is 10.1 Å². The van der Waals surface area contributed by atoms with Crippen LogP contribution in [0, 0.1) is 16.0 Å². The Morgan fingerprint density at radius 3 is 2.63 bits per heavy atom. The summed E-state index contributed by atoms with van der Waals surface area (Å²) < 4.78 is 0. The van der Waals surface area contributed by atoms with Gasteiger partial charge in [0, 0.05) is 17.1 Å². The third-order valence-corrected chi connectivity index (χ3v) is 4.18. The summed E-state index contributed by atoms with van der Waals surface area (Å²) in [5.74, 6) is 0.818. The monoisotopic (exact) mass is 282 g/mol. The van der Waals surface area contributed by atoms with E-state index in [0.717, 1.165) is 18.8 Å². The van der Waals surface area contributed by atoms with Gasteiger partial charge >= 0.3 is 0 Å². The van der Waals surface area contributed by atoms with Crippen molar-refractivity contribution < 1.29 is 4.92 Å². The van der Waals surface area contributed by atoms with Crippen molar-refractivity contribution in [3.8, 4) is 0 Å². The van der Waals surface area contributed by atoms with Crippen LogP contribution in [0.15, 0.2) is 18.2 Å². The number of hydrogen-bond acceptors (Lipinski definition) is 3. The number of rotatable bonds is 4. The van der Waals surface area contributed by atoms with Gasteiger partial charge in [-0.05, 0) is 43.7 Å². The molecule has 0 bridgehead atoms. The van der Waals surface area contributed by atoms with E-state index in [0.29, 0.717) is 16.8 Å². The maximum Gasteiger partial charge on any atom is 0.293 e. The summed E-state index contributed by atoms with van der Waals surface area (Å²) in [6, 6.07) is 5.13. The number of nitro groups is 1. The quantitative estimate of drug-likeness (QED) is 0.647. The Labute approximate surface area is 118 Å². The van der Waals surface area contributed by atoms with Gasteiger partial charge < -0.3 is 5.32 Å². The van der Waals surface area contributed by atoms with Gasteiger partial charge in [0.05, 0.1) is 4.92 Å². The molecular formula is C14H19ClN2O2. The van der Waals surface area contributed by atoms with E-state index < -0.39 is 0 Å². The number of nitrogens with one attached hydrogen (secondary N) is 1. The van der Waals surface area contributed by atoms with Crippen LogP contribution in [0.4, 0.5) is 11.4 Å². The Balaban J connectivity index is 2.05. The Hall–Kier alpha value is -1.29. The van der Waals surface area contributed by atoms with Crippen molar-refractivity contribution in [2.45, 2.75) is 45.1 Å². The second kappa shape index (κ2) is 6.24. The first-order valence-electron chi connectivity index (χ1n) is 6.80. The fourth-order valence-corrected chi connectivity index (χ4v) is 2.88. The lowest BCUT2D eigenvalue weighted by atomic mass is 9.84. The maximum atomic E-state index is 11.0. The van der Waals surface area contributed by atoms with Crippen molar-refractivity contribution in [3.63, 3.8) is 0 Å². The summed E-state index contributed by atoms with van der Waals surface area (Å²) in [4.78, 5) is 10.6. The predicted molar refractivity (Wildman–Crippen MR) is 77.8 cm³/mol. The van der Waals surface area contributed by atoms with Gasteiger partial charge in [-0.15, -0.1) is 0 Å². The minimum absolute atomic E-state index is 0.0603. The molecule has 4 nitrogen and oxygen atoms in total. The molecule has 0 atom stereocenters. The van der Waals surface area contributed by atoms with E-state index in [1.807, 2.05) is 0 Å². The zero-order chi connectivity index (χ0) is 13.8. The van der Waals surface area contributed by atoms with Gasteiger partial charge in [-0.25, -0.2) is 0 Å². The lowest BCUT2D eigenvalue weighted by Crippen LogP contribution is -2.26. The molecule has 1 fully saturated rings. The first kappa shape index (κ1) is 14.1. The normalized spacial score (nSPS) is 23.1. The Bertz CT molecular complexity index is 457. The fourth-order valence-electron chi connectivity index (χ4n) is 2.71. The van der Waals surface area contributed by atoms with Crippen molar-refractivity contribution in [1.82, 2.24) is 0 Å². The number of halogens is 1. The highest BCUT2D eigenvalue weighted by molar-refractivity contribution is 6.30. The molecule has 0 radical (unpaired) electrons. The second-order valence-corrected chi connectivity index (χ2v) is 5.63. The highest BCUT2D eigenvalue weighted by Crippen LogP contribution is 2.32. The molecule has 0 amide bonds. The van der Waals surface area contributed by atoms with Gasteiger partial charge in [-0.1, -0.05) is 24.9 Å². The predicted octanol–water partition coefficient (Wildman–Crippen LogP) is 4.63. The second-order valence-electron chi connectivity index (χ2n) is 5.19. The molecule has 0 saturated heterocycles. The number of anilines is 1. The van der Waals surface area contributed by atoms with Crippen LogP contribution in [-0.2, 0) is 0 Å². The number of nitrogens with zero attached hydrogens (tertiary/aromatic N) is 1. The van der Waals surface area contributed by atoms with Crippen molar-refractivity contribution in [2.75, 3.05) is 5.32 Å². The van der Waals surface area contributed by atoms with Crippen LogP contribution in [0.1, 0.15) is 39.0 Å². The van der Waals surface area contributed by atoms with Crippen LogP contribution < -0.4 is 5.32 Å².